The summed E-state index contributed by atoms with van der Waals surface area (Å²) in [6.45, 7) is 8.06. The number of hydrogen-bond acceptors (Lipinski definition) is 7. The maximum atomic E-state index is 14.9. The molecule has 3 aliphatic rings. The number of nitrogens with one attached hydrogen (secondary N) is 1. The average Bonchev–Trinajstić information content (AvgIpc) is 3.80. The van der Waals surface area contributed by atoms with Gasteiger partial charge in [-0.15, -0.1) is 13.2 Å². The highest BCUT2D eigenvalue weighted by molar-refractivity contribution is 6.05. The number of carbonyl (C=O) groups excluding carboxylic acids is 4. The zero-order valence-corrected chi connectivity index (χ0v) is 29.0. The van der Waals surface area contributed by atoms with E-state index in [1.165, 1.54) is 0 Å². The van der Waals surface area contributed by atoms with Gasteiger partial charge >= 0.3 is 5.97 Å². The van der Waals surface area contributed by atoms with Gasteiger partial charge in [0.05, 0.1) is 24.0 Å². The number of ether oxygens (including phenoxy) is 2. The number of aliphatic hydroxyl groups excluding tert-OH is 1. The molecule has 3 heterocycles. The molecule has 3 aliphatic heterocycles. The van der Waals surface area contributed by atoms with Crippen LogP contribution in [-0.4, -0.2) is 77.7 Å². The minimum Gasteiger partial charge on any atom is -0.463 e. The Hall–Kier alpha value is -4.80. The van der Waals surface area contributed by atoms with Gasteiger partial charge in [-0.05, 0) is 67.0 Å². The predicted octanol–water partition coefficient (Wildman–Crippen LogP) is 5.26. The number of unbranched alkanes of at least 4 members (excludes halogenated alkanes) is 2. The van der Waals surface area contributed by atoms with E-state index in [0.717, 1.165) is 16.3 Å². The molecule has 0 unspecified atom stereocenters. The van der Waals surface area contributed by atoms with Crippen LogP contribution in [0.15, 0.2) is 98.1 Å². The van der Waals surface area contributed by atoms with Gasteiger partial charge in [-0.25, -0.2) is 0 Å². The first-order valence-corrected chi connectivity index (χ1v) is 17.9. The lowest BCUT2D eigenvalue weighted by atomic mass is 9.70. The van der Waals surface area contributed by atoms with Crippen molar-refractivity contribution in [1.82, 2.24) is 10.2 Å². The molecule has 3 aromatic rings. The molecule has 3 fully saturated rings. The zero-order valence-electron chi connectivity index (χ0n) is 29.0. The Kier molecular flexibility index (Phi) is 11.3. The lowest BCUT2D eigenvalue weighted by Gasteiger charge is -2.37. The minimum absolute atomic E-state index is 0.0388. The number of anilines is 1. The number of allylic oxidation sites excluding steroid dienone is 1. The number of benzene rings is 3. The molecule has 10 heteroatoms. The van der Waals surface area contributed by atoms with Crippen molar-refractivity contribution in [2.45, 2.75) is 68.7 Å². The second kappa shape index (κ2) is 16.0. The molecule has 51 heavy (non-hydrogen) atoms. The Morgan fingerprint density at radius 1 is 1.02 bits per heavy atom. The summed E-state index contributed by atoms with van der Waals surface area (Å²) in [5.41, 5.74) is 0.252. The molecule has 2 N–H and O–H groups in total. The fourth-order valence-corrected chi connectivity index (χ4v) is 8.13. The molecular weight excluding hydrogens is 646 g/mol. The standard InChI is InChI=1S/C41H47N3O7/c1-3-5-18-34(46)50-27-32(29-15-8-6-9-16-29)42-38(47)35-33-21-22-41(51-33)36(35)39(48)44(24-12-7-13-25-45)37(41)40(49)43(23-4-2)31-20-19-28-14-10-11-17-30(28)26-31/h3-4,6,8-11,14-17,19-20,26,32-33,35-37,45H,1-2,5,7,12-13,18,21-25,27H2,(H,42,47)/t32-,33+,35-,36-,37+,41-/m1/s1. The SMILES string of the molecule is C=CCCC(=O)OC[C@@H](NC(=O)[C@@H]1[C@@H]2CC[C@]3(O2)[C@H](C(=O)N(CC=C)c2ccc4ccccc4c2)N(CCCCCO)C(=O)[C@@H]13)c1ccccc1. The average molecular weight is 694 g/mol. The van der Waals surface area contributed by atoms with E-state index in [1.807, 2.05) is 72.8 Å². The van der Waals surface area contributed by atoms with E-state index in [0.29, 0.717) is 50.8 Å². The summed E-state index contributed by atoms with van der Waals surface area (Å²) in [5, 5.41) is 14.5. The highest BCUT2D eigenvalue weighted by Crippen LogP contribution is 2.58. The Labute approximate surface area is 299 Å². The fraction of sp³-hybridized carbons (Fsp3) is 0.415. The van der Waals surface area contributed by atoms with Crippen LogP contribution in [0, 0.1) is 11.8 Å². The van der Waals surface area contributed by atoms with Gasteiger partial charge in [0.2, 0.25) is 11.8 Å². The Bertz CT molecular complexity index is 1760. The van der Waals surface area contributed by atoms with Crippen molar-refractivity contribution in [3.63, 3.8) is 0 Å². The molecule has 0 saturated carbocycles. The Morgan fingerprint density at radius 2 is 1.78 bits per heavy atom. The molecule has 3 amide bonds. The van der Waals surface area contributed by atoms with Crippen molar-refractivity contribution < 1.29 is 33.8 Å². The lowest BCUT2D eigenvalue weighted by Crippen LogP contribution is -2.56. The lowest BCUT2D eigenvalue weighted by molar-refractivity contribution is -0.146. The Morgan fingerprint density at radius 3 is 2.53 bits per heavy atom. The van der Waals surface area contributed by atoms with Crippen molar-refractivity contribution in [2.24, 2.45) is 11.8 Å². The molecule has 10 nitrogen and oxygen atoms in total. The van der Waals surface area contributed by atoms with Gasteiger partial charge in [0.1, 0.15) is 18.2 Å². The third-order valence-corrected chi connectivity index (χ3v) is 10.5. The molecule has 6 atom stereocenters. The first-order chi connectivity index (χ1) is 24.8. The van der Waals surface area contributed by atoms with E-state index in [2.05, 4.69) is 18.5 Å². The number of likely N-dealkylation sites (tertiary alicyclic amines) is 1. The van der Waals surface area contributed by atoms with Crippen LogP contribution in [0.2, 0.25) is 0 Å². The molecule has 0 aliphatic carbocycles. The summed E-state index contributed by atoms with van der Waals surface area (Å²) in [4.78, 5) is 59.5. The van der Waals surface area contributed by atoms with Gasteiger partial charge < -0.3 is 29.7 Å². The van der Waals surface area contributed by atoms with Gasteiger partial charge in [-0.1, -0.05) is 72.8 Å². The van der Waals surface area contributed by atoms with Gasteiger partial charge in [-0.3, -0.25) is 19.2 Å². The molecule has 0 radical (unpaired) electrons. The number of carbonyl (C=O) groups is 4. The summed E-state index contributed by atoms with van der Waals surface area (Å²) >= 11 is 0. The van der Waals surface area contributed by atoms with E-state index in [9.17, 15) is 24.3 Å². The number of fused-ring (bicyclic) bond motifs is 2. The third kappa shape index (κ3) is 7.21. The number of esters is 1. The first-order valence-electron chi connectivity index (χ1n) is 17.9. The molecule has 1 spiro atoms. The summed E-state index contributed by atoms with van der Waals surface area (Å²) < 4.78 is 12.3. The van der Waals surface area contributed by atoms with Gasteiger partial charge in [0, 0.05) is 31.8 Å². The second-order valence-corrected chi connectivity index (χ2v) is 13.6. The normalized spacial score (nSPS) is 23.9. The van der Waals surface area contributed by atoms with Crippen LogP contribution >= 0.6 is 0 Å². The molecule has 3 aromatic carbocycles. The first kappa shape index (κ1) is 36.0. The van der Waals surface area contributed by atoms with Crippen molar-refractivity contribution >= 4 is 40.2 Å². The van der Waals surface area contributed by atoms with Crippen LogP contribution in [0.1, 0.15) is 56.6 Å². The van der Waals surface area contributed by atoms with Crippen LogP contribution in [0.5, 0.6) is 0 Å². The van der Waals surface area contributed by atoms with Crippen LogP contribution in [0.4, 0.5) is 5.69 Å². The molecule has 0 aromatic heterocycles. The number of rotatable bonds is 17. The Balaban J connectivity index is 1.31. The monoisotopic (exact) mass is 693 g/mol. The summed E-state index contributed by atoms with van der Waals surface area (Å²) in [5.74, 6) is -3.02. The maximum Gasteiger partial charge on any atom is 0.306 e. The number of amides is 3. The minimum atomic E-state index is -1.19. The molecule has 268 valence electrons. The summed E-state index contributed by atoms with van der Waals surface area (Å²) in [6, 6.07) is 21.4. The highest BCUT2D eigenvalue weighted by atomic mass is 16.5. The molecule has 6 rings (SSSR count). The highest BCUT2D eigenvalue weighted by Gasteiger charge is 2.74. The topological polar surface area (TPSA) is 125 Å². The van der Waals surface area contributed by atoms with Crippen LogP contribution in [-0.2, 0) is 28.7 Å². The van der Waals surface area contributed by atoms with Crippen molar-refractivity contribution in [2.75, 3.05) is 31.2 Å². The quantitative estimate of drug-likeness (QED) is 0.112. The molecule has 2 bridgehead atoms. The van der Waals surface area contributed by atoms with E-state index in [1.54, 1.807) is 22.0 Å². The van der Waals surface area contributed by atoms with E-state index in [4.69, 9.17) is 9.47 Å². The largest absolute Gasteiger partial charge is 0.463 e. The van der Waals surface area contributed by atoms with E-state index in [-0.39, 0.29) is 43.9 Å². The predicted molar refractivity (Wildman–Crippen MR) is 194 cm³/mol. The summed E-state index contributed by atoms with van der Waals surface area (Å²) in [7, 11) is 0. The van der Waals surface area contributed by atoms with Crippen molar-refractivity contribution in [3.05, 3.63) is 104 Å². The zero-order chi connectivity index (χ0) is 36.0. The van der Waals surface area contributed by atoms with Gasteiger partial charge in [0.25, 0.3) is 5.91 Å². The van der Waals surface area contributed by atoms with Crippen molar-refractivity contribution in [1.29, 1.82) is 0 Å². The third-order valence-electron chi connectivity index (χ3n) is 10.5. The maximum absolute atomic E-state index is 14.9. The van der Waals surface area contributed by atoms with Crippen LogP contribution < -0.4 is 10.2 Å². The summed E-state index contributed by atoms with van der Waals surface area (Å²) in [6.07, 6.45) is 6.26. The van der Waals surface area contributed by atoms with Crippen molar-refractivity contribution in [3.8, 4) is 0 Å². The number of aliphatic hydroxyl groups is 1. The molecule has 3 saturated heterocycles. The number of nitrogens with zero attached hydrogens (tertiary/aromatic N) is 2. The van der Waals surface area contributed by atoms with Gasteiger partial charge in [0.15, 0.2) is 0 Å². The smallest absolute Gasteiger partial charge is 0.306 e. The van der Waals surface area contributed by atoms with Crippen LogP contribution in [0.25, 0.3) is 10.8 Å². The number of hydrogen-bond donors (Lipinski definition) is 2. The van der Waals surface area contributed by atoms with E-state index >= 15 is 0 Å². The van der Waals surface area contributed by atoms with Gasteiger partial charge in [-0.2, -0.15) is 0 Å². The second-order valence-electron chi connectivity index (χ2n) is 13.6. The van der Waals surface area contributed by atoms with E-state index < -0.39 is 41.6 Å². The fourth-order valence-electron chi connectivity index (χ4n) is 8.13. The molecular formula is C41H47N3O7. The van der Waals surface area contributed by atoms with Crippen LogP contribution in [0.3, 0.4) is 0 Å².